The zero-order valence-corrected chi connectivity index (χ0v) is 32.9. The quantitative estimate of drug-likeness (QED) is 0.167. The van der Waals surface area contributed by atoms with Crippen LogP contribution in [0.25, 0.3) is 95.7 Å². The first-order valence-electron chi connectivity index (χ1n) is 19.6. The van der Waals surface area contributed by atoms with Crippen LogP contribution >= 0.6 is 22.7 Å². The Morgan fingerprint density at radius 3 is 1.64 bits per heavy atom. The van der Waals surface area contributed by atoms with E-state index in [1.807, 2.05) is 34.8 Å². The van der Waals surface area contributed by atoms with Crippen molar-refractivity contribution in [2.24, 2.45) is 0 Å². The first-order chi connectivity index (χ1) is 28.7. The molecular formula is C54H33NOS2. The van der Waals surface area contributed by atoms with Crippen molar-refractivity contribution < 1.29 is 4.42 Å². The summed E-state index contributed by atoms with van der Waals surface area (Å²) in [6, 6.07) is 72.5. The van der Waals surface area contributed by atoms with Crippen LogP contribution in [0, 0.1) is 0 Å². The summed E-state index contributed by atoms with van der Waals surface area (Å²) >= 11 is 3.75. The van der Waals surface area contributed by atoms with Crippen molar-refractivity contribution >= 4 is 102 Å². The minimum Gasteiger partial charge on any atom is -0.456 e. The summed E-state index contributed by atoms with van der Waals surface area (Å²) in [7, 11) is 0. The summed E-state index contributed by atoms with van der Waals surface area (Å²) in [6.45, 7) is 0. The lowest BCUT2D eigenvalue weighted by atomic mass is 9.99. The second-order valence-electron chi connectivity index (χ2n) is 14.8. The van der Waals surface area contributed by atoms with Gasteiger partial charge in [0.05, 0.1) is 10.4 Å². The third kappa shape index (κ3) is 5.30. The van der Waals surface area contributed by atoms with Gasteiger partial charge >= 0.3 is 0 Å². The van der Waals surface area contributed by atoms with Gasteiger partial charge in [0.25, 0.3) is 0 Å². The van der Waals surface area contributed by atoms with Crippen LogP contribution in [0.1, 0.15) is 0 Å². The zero-order chi connectivity index (χ0) is 38.2. The van der Waals surface area contributed by atoms with E-state index in [2.05, 4.69) is 193 Å². The number of hydrogen-bond donors (Lipinski definition) is 0. The van der Waals surface area contributed by atoms with Crippen molar-refractivity contribution in [2.75, 3.05) is 4.90 Å². The lowest BCUT2D eigenvalue weighted by molar-refractivity contribution is 0.669. The highest BCUT2D eigenvalue weighted by Gasteiger charge is 2.21. The average molecular weight is 776 g/mol. The van der Waals surface area contributed by atoms with E-state index in [9.17, 15) is 0 Å². The van der Waals surface area contributed by atoms with E-state index in [0.717, 1.165) is 39.0 Å². The molecule has 0 saturated heterocycles. The highest BCUT2D eigenvalue weighted by molar-refractivity contribution is 7.27. The van der Waals surface area contributed by atoms with Crippen molar-refractivity contribution in [3.63, 3.8) is 0 Å². The Morgan fingerprint density at radius 1 is 0.328 bits per heavy atom. The monoisotopic (exact) mass is 775 g/mol. The van der Waals surface area contributed by atoms with E-state index >= 15 is 0 Å². The molecule has 0 amide bonds. The molecule has 9 aromatic carbocycles. The Balaban J connectivity index is 0.973. The molecule has 3 heterocycles. The minimum absolute atomic E-state index is 0.877. The van der Waals surface area contributed by atoms with Crippen LogP contribution in [0.3, 0.4) is 0 Å². The Kier molecular flexibility index (Phi) is 7.62. The number of anilines is 3. The Bertz CT molecular complexity index is 3500. The molecule has 3 aromatic heterocycles. The highest BCUT2D eigenvalue weighted by atomic mass is 32.1. The first-order valence-corrected chi connectivity index (χ1v) is 21.2. The summed E-state index contributed by atoms with van der Waals surface area (Å²) in [4.78, 5) is 2.39. The fraction of sp³-hybridized carbons (Fsp3) is 0. The standard InChI is InChI=1S/C54H33NOS2/c1-2-11-36(12-3-1)40-15-9-18-46-47-19-10-20-48(54(47)58-53(40)46)55(39-31-32-43-42-13-4-6-21-49(42)56-50(43)33-39)38-29-27-35(28-30-38)34-23-25-37(26-24-34)41-16-8-17-45-44-14-5-7-22-51(44)57-52(41)45/h1-33H. The van der Waals surface area contributed by atoms with Crippen LogP contribution in [0.4, 0.5) is 17.1 Å². The molecule has 0 unspecified atom stereocenters. The van der Waals surface area contributed by atoms with E-state index in [1.54, 1.807) is 0 Å². The van der Waals surface area contributed by atoms with Gasteiger partial charge in [0.1, 0.15) is 11.2 Å². The van der Waals surface area contributed by atoms with Crippen LogP contribution < -0.4 is 4.90 Å². The second-order valence-corrected chi connectivity index (χ2v) is 16.9. The van der Waals surface area contributed by atoms with Crippen molar-refractivity contribution in [1.82, 2.24) is 0 Å². The summed E-state index contributed by atoms with van der Waals surface area (Å²) in [5.74, 6) is 0. The number of para-hydroxylation sites is 1. The predicted molar refractivity (Wildman–Crippen MR) is 250 cm³/mol. The summed E-state index contributed by atoms with van der Waals surface area (Å²) in [5, 5.41) is 7.44. The van der Waals surface area contributed by atoms with Gasteiger partial charge in [-0.05, 0) is 75.8 Å². The smallest absolute Gasteiger partial charge is 0.137 e. The van der Waals surface area contributed by atoms with Crippen molar-refractivity contribution in [1.29, 1.82) is 0 Å². The maximum absolute atomic E-state index is 6.45. The third-order valence-electron chi connectivity index (χ3n) is 11.5. The zero-order valence-electron chi connectivity index (χ0n) is 31.2. The molecular weight excluding hydrogens is 743 g/mol. The van der Waals surface area contributed by atoms with Gasteiger partial charge in [-0.1, -0.05) is 152 Å². The van der Waals surface area contributed by atoms with E-state index in [-0.39, 0.29) is 0 Å². The number of thiophene rings is 2. The van der Waals surface area contributed by atoms with E-state index < -0.39 is 0 Å². The molecule has 12 rings (SSSR count). The maximum atomic E-state index is 6.45. The van der Waals surface area contributed by atoms with Crippen LogP contribution in [-0.4, -0.2) is 0 Å². The number of benzene rings is 9. The van der Waals surface area contributed by atoms with Gasteiger partial charge in [0, 0.05) is 63.9 Å². The SMILES string of the molecule is c1ccc(-c2cccc3c2sc2c(N(c4ccc(-c5ccc(-c6cccc7c6sc6ccccc67)cc5)cc4)c4ccc5c(c4)oc4ccccc45)cccc23)cc1. The first kappa shape index (κ1) is 33.2. The van der Waals surface area contributed by atoms with E-state index in [0.29, 0.717) is 0 Å². The number of furan rings is 1. The van der Waals surface area contributed by atoms with Crippen LogP contribution in [0.15, 0.2) is 205 Å². The molecule has 4 heteroatoms. The molecule has 0 radical (unpaired) electrons. The van der Waals surface area contributed by atoms with E-state index in [4.69, 9.17) is 4.42 Å². The predicted octanol–water partition coefficient (Wildman–Crippen LogP) is 16.8. The largest absolute Gasteiger partial charge is 0.456 e. The van der Waals surface area contributed by atoms with Crippen molar-refractivity contribution in [2.45, 2.75) is 0 Å². The van der Waals surface area contributed by atoms with E-state index in [1.165, 1.54) is 73.7 Å². The number of hydrogen-bond acceptors (Lipinski definition) is 4. The van der Waals surface area contributed by atoms with Gasteiger partial charge in [-0.25, -0.2) is 0 Å². The average Bonchev–Trinajstić information content (AvgIpc) is 3.99. The lowest BCUT2D eigenvalue weighted by Gasteiger charge is -2.26. The summed E-state index contributed by atoms with van der Waals surface area (Å²) in [5.41, 5.74) is 12.4. The fourth-order valence-electron chi connectivity index (χ4n) is 8.73. The second kappa shape index (κ2) is 13.3. The molecule has 0 aliphatic carbocycles. The van der Waals surface area contributed by atoms with Crippen LogP contribution in [-0.2, 0) is 0 Å². The molecule has 0 spiro atoms. The Labute approximate surface area is 343 Å². The van der Waals surface area contributed by atoms with Crippen molar-refractivity contribution in [3.8, 4) is 33.4 Å². The molecule has 0 saturated carbocycles. The van der Waals surface area contributed by atoms with Gasteiger partial charge in [-0.3, -0.25) is 0 Å². The van der Waals surface area contributed by atoms with Gasteiger partial charge in [-0.15, -0.1) is 22.7 Å². The Morgan fingerprint density at radius 2 is 0.862 bits per heavy atom. The molecule has 272 valence electrons. The highest BCUT2D eigenvalue weighted by Crippen LogP contribution is 2.48. The Hall–Kier alpha value is -6.98. The normalized spacial score (nSPS) is 11.8. The molecule has 58 heavy (non-hydrogen) atoms. The van der Waals surface area contributed by atoms with Crippen molar-refractivity contribution in [3.05, 3.63) is 200 Å². The lowest BCUT2D eigenvalue weighted by Crippen LogP contribution is -2.10. The van der Waals surface area contributed by atoms with Gasteiger partial charge in [-0.2, -0.15) is 0 Å². The maximum Gasteiger partial charge on any atom is 0.137 e. The van der Waals surface area contributed by atoms with Gasteiger partial charge < -0.3 is 9.32 Å². The molecule has 0 bridgehead atoms. The number of nitrogens with zero attached hydrogens (tertiary/aromatic N) is 1. The summed E-state index contributed by atoms with van der Waals surface area (Å²) in [6.07, 6.45) is 0. The molecule has 0 aliphatic rings. The van der Waals surface area contributed by atoms with Gasteiger partial charge in [0.2, 0.25) is 0 Å². The molecule has 0 atom stereocenters. The summed E-state index contributed by atoms with van der Waals surface area (Å²) < 4.78 is 11.7. The topological polar surface area (TPSA) is 16.4 Å². The fourth-order valence-corrected chi connectivity index (χ4v) is 11.3. The minimum atomic E-state index is 0.877. The number of fused-ring (bicyclic) bond motifs is 9. The molecule has 0 aliphatic heterocycles. The molecule has 12 aromatic rings. The van der Waals surface area contributed by atoms with Gasteiger partial charge in [0.15, 0.2) is 0 Å². The van der Waals surface area contributed by atoms with Crippen LogP contribution in [0.2, 0.25) is 0 Å². The van der Waals surface area contributed by atoms with Crippen LogP contribution in [0.5, 0.6) is 0 Å². The molecule has 0 N–H and O–H groups in total. The molecule has 0 fully saturated rings. The number of rotatable bonds is 6. The third-order valence-corrected chi connectivity index (χ3v) is 14.0. The molecule has 2 nitrogen and oxygen atoms in total.